The van der Waals surface area contributed by atoms with Gasteiger partial charge in [-0.15, -0.1) is 0 Å². The molecule has 0 bridgehead atoms. The summed E-state index contributed by atoms with van der Waals surface area (Å²) in [6.07, 6.45) is 0.148. The van der Waals surface area contributed by atoms with Crippen molar-refractivity contribution >= 4 is 15.7 Å². The Morgan fingerprint density at radius 3 is 2.76 bits per heavy atom. The predicted molar refractivity (Wildman–Crippen MR) is 77.7 cm³/mol. The zero-order valence-electron chi connectivity index (χ0n) is 12.5. The number of sulfone groups is 1. The van der Waals surface area contributed by atoms with Gasteiger partial charge in [-0.3, -0.25) is 9.69 Å². The summed E-state index contributed by atoms with van der Waals surface area (Å²) in [5, 5.41) is 12.0. The topological polar surface area (TPSA) is 95.9 Å². The molecular weight excluding hydrogens is 296 g/mol. The fraction of sp³-hybridized carbons (Fsp3) is 0.923. The summed E-state index contributed by atoms with van der Waals surface area (Å²) < 4.78 is 28.6. The Bertz CT molecular complexity index is 495. The molecule has 2 N–H and O–H groups in total. The Labute approximate surface area is 125 Å². The molecule has 1 amide bonds. The monoisotopic (exact) mass is 320 g/mol. The lowest BCUT2D eigenvalue weighted by Gasteiger charge is -2.36. The second kappa shape index (κ2) is 6.20. The number of hydrogen-bond acceptors (Lipinski definition) is 6. The predicted octanol–water partition coefficient (Wildman–Crippen LogP) is -1.24. The van der Waals surface area contributed by atoms with Crippen LogP contribution in [0.2, 0.25) is 0 Å². The molecule has 0 spiro atoms. The van der Waals surface area contributed by atoms with Crippen LogP contribution < -0.4 is 5.32 Å². The summed E-state index contributed by atoms with van der Waals surface area (Å²) in [5.41, 5.74) is -0.663. The van der Waals surface area contributed by atoms with E-state index in [0.717, 1.165) is 0 Å². The first-order valence-electron chi connectivity index (χ1n) is 7.21. The molecule has 0 radical (unpaired) electrons. The third-order valence-electron chi connectivity index (χ3n) is 3.92. The van der Waals surface area contributed by atoms with Crippen LogP contribution in [-0.4, -0.2) is 79.8 Å². The van der Waals surface area contributed by atoms with Crippen LogP contribution in [0.1, 0.15) is 20.3 Å². The SMILES string of the molecule is CC1CN(CC(=O)NC2(C)CCS(=O)(=O)C2)CC(CO)O1. The van der Waals surface area contributed by atoms with E-state index in [2.05, 4.69) is 5.32 Å². The minimum absolute atomic E-state index is 0.00448. The van der Waals surface area contributed by atoms with Crippen LogP contribution in [0.3, 0.4) is 0 Å². The maximum Gasteiger partial charge on any atom is 0.234 e. The molecule has 2 saturated heterocycles. The third kappa shape index (κ3) is 4.64. The number of ether oxygens (including phenoxy) is 1. The van der Waals surface area contributed by atoms with Crippen molar-refractivity contribution < 1.29 is 23.1 Å². The molecule has 7 nitrogen and oxygen atoms in total. The molecule has 2 heterocycles. The molecule has 122 valence electrons. The summed E-state index contributed by atoms with van der Waals surface area (Å²) >= 11 is 0. The highest BCUT2D eigenvalue weighted by molar-refractivity contribution is 7.91. The zero-order chi connectivity index (χ0) is 15.7. The molecule has 0 aliphatic carbocycles. The van der Waals surface area contributed by atoms with Crippen LogP contribution >= 0.6 is 0 Å². The summed E-state index contributed by atoms with van der Waals surface area (Å²) in [5.74, 6) is -0.0458. The van der Waals surface area contributed by atoms with Gasteiger partial charge in [-0.05, 0) is 20.3 Å². The van der Waals surface area contributed by atoms with Gasteiger partial charge in [0.2, 0.25) is 5.91 Å². The fourth-order valence-electron chi connectivity index (χ4n) is 3.06. The fourth-order valence-corrected chi connectivity index (χ4v) is 5.15. The van der Waals surface area contributed by atoms with E-state index >= 15 is 0 Å². The van der Waals surface area contributed by atoms with E-state index in [9.17, 15) is 18.3 Å². The van der Waals surface area contributed by atoms with Gasteiger partial charge in [-0.2, -0.15) is 0 Å². The molecule has 0 saturated carbocycles. The Morgan fingerprint density at radius 2 is 2.19 bits per heavy atom. The van der Waals surface area contributed by atoms with Crippen molar-refractivity contribution in [1.29, 1.82) is 0 Å². The van der Waals surface area contributed by atoms with Crippen molar-refractivity contribution in [3.63, 3.8) is 0 Å². The van der Waals surface area contributed by atoms with Gasteiger partial charge >= 0.3 is 0 Å². The molecular formula is C13H24N2O5S. The number of nitrogens with zero attached hydrogens (tertiary/aromatic N) is 1. The van der Waals surface area contributed by atoms with Crippen LogP contribution in [-0.2, 0) is 19.4 Å². The van der Waals surface area contributed by atoms with Gasteiger partial charge in [0.1, 0.15) is 0 Å². The molecule has 2 rings (SSSR count). The van der Waals surface area contributed by atoms with Crippen LogP contribution in [0.4, 0.5) is 0 Å². The molecule has 3 atom stereocenters. The highest BCUT2D eigenvalue weighted by atomic mass is 32.2. The minimum Gasteiger partial charge on any atom is -0.394 e. The number of aliphatic hydroxyl groups excluding tert-OH is 1. The number of aliphatic hydroxyl groups is 1. The van der Waals surface area contributed by atoms with E-state index in [0.29, 0.717) is 19.5 Å². The lowest BCUT2D eigenvalue weighted by atomic mass is 10.0. The number of carbonyl (C=O) groups excluding carboxylic acids is 1. The molecule has 2 fully saturated rings. The van der Waals surface area contributed by atoms with E-state index in [-0.39, 0.29) is 42.8 Å². The van der Waals surface area contributed by atoms with Crippen molar-refractivity contribution in [1.82, 2.24) is 10.2 Å². The van der Waals surface area contributed by atoms with Gasteiger partial charge in [-0.25, -0.2) is 8.42 Å². The molecule has 0 aromatic carbocycles. The van der Waals surface area contributed by atoms with E-state index in [4.69, 9.17) is 4.74 Å². The highest BCUT2D eigenvalue weighted by Gasteiger charge is 2.39. The van der Waals surface area contributed by atoms with E-state index in [1.54, 1.807) is 6.92 Å². The van der Waals surface area contributed by atoms with Crippen molar-refractivity contribution in [3.05, 3.63) is 0 Å². The second-order valence-electron chi connectivity index (χ2n) is 6.40. The summed E-state index contributed by atoms with van der Waals surface area (Å²) in [6.45, 7) is 4.92. The Morgan fingerprint density at radius 1 is 1.48 bits per heavy atom. The largest absolute Gasteiger partial charge is 0.394 e. The molecule has 0 aromatic rings. The van der Waals surface area contributed by atoms with Crippen LogP contribution in [0.25, 0.3) is 0 Å². The Kier molecular flexibility index (Phi) is 4.92. The summed E-state index contributed by atoms with van der Waals surface area (Å²) in [7, 11) is -3.04. The zero-order valence-corrected chi connectivity index (χ0v) is 13.4. The second-order valence-corrected chi connectivity index (χ2v) is 8.58. The van der Waals surface area contributed by atoms with Gasteiger partial charge in [0.25, 0.3) is 0 Å². The molecule has 2 aliphatic heterocycles. The van der Waals surface area contributed by atoms with Gasteiger partial charge in [0.15, 0.2) is 9.84 Å². The average molecular weight is 320 g/mol. The molecule has 8 heteroatoms. The van der Waals surface area contributed by atoms with Crippen LogP contribution in [0.15, 0.2) is 0 Å². The third-order valence-corrected chi connectivity index (χ3v) is 5.82. The highest BCUT2D eigenvalue weighted by Crippen LogP contribution is 2.22. The number of morpholine rings is 1. The van der Waals surface area contributed by atoms with Crippen molar-refractivity contribution in [2.24, 2.45) is 0 Å². The van der Waals surface area contributed by atoms with Gasteiger partial charge in [0.05, 0.1) is 42.4 Å². The van der Waals surface area contributed by atoms with Gasteiger partial charge in [-0.1, -0.05) is 0 Å². The maximum absolute atomic E-state index is 12.1. The summed E-state index contributed by atoms with van der Waals surface area (Å²) in [6, 6.07) is 0. The first kappa shape index (κ1) is 16.7. The van der Waals surface area contributed by atoms with Crippen molar-refractivity contribution in [2.45, 2.75) is 38.0 Å². The normalized spacial score (nSPS) is 36.5. The number of carbonyl (C=O) groups is 1. The number of rotatable bonds is 4. The molecule has 3 unspecified atom stereocenters. The lowest BCUT2D eigenvalue weighted by Crippen LogP contribution is -2.54. The van der Waals surface area contributed by atoms with Crippen LogP contribution in [0, 0.1) is 0 Å². The lowest BCUT2D eigenvalue weighted by molar-refractivity contribution is -0.129. The standard InChI is InChI=1S/C13H24N2O5S/c1-10-5-15(6-11(8-16)20-10)7-12(17)14-13(2)3-4-21(18,19)9-13/h10-11,16H,3-9H2,1-2H3,(H,14,17). The minimum atomic E-state index is -3.04. The Balaban J connectivity index is 1.87. The number of amides is 1. The Hall–Kier alpha value is -0.700. The molecule has 2 aliphatic rings. The quantitative estimate of drug-likeness (QED) is 0.673. The van der Waals surface area contributed by atoms with E-state index < -0.39 is 15.4 Å². The van der Waals surface area contributed by atoms with Crippen molar-refractivity contribution in [2.75, 3.05) is 37.7 Å². The first-order valence-corrected chi connectivity index (χ1v) is 9.04. The van der Waals surface area contributed by atoms with Crippen molar-refractivity contribution in [3.8, 4) is 0 Å². The summed E-state index contributed by atoms with van der Waals surface area (Å²) in [4.78, 5) is 14.1. The first-order chi connectivity index (χ1) is 9.71. The number of nitrogens with one attached hydrogen (secondary N) is 1. The van der Waals surface area contributed by atoms with Gasteiger partial charge in [0, 0.05) is 13.1 Å². The smallest absolute Gasteiger partial charge is 0.234 e. The van der Waals surface area contributed by atoms with E-state index in [1.807, 2.05) is 11.8 Å². The molecule has 21 heavy (non-hydrogen) atoms. The average Bonchev–Trinajstić information content (AvgIpc) is 2.61. The maximum atomic E-state index is 12.1. The molecule has 0 aromatic heterocycles. The van der Waals surface area contributed by atoms with Gasteiger partial charge < -0.3 is 15.2 Å². The number of hydrogen-bond donors (Lipinski definition) is 2. The van der Waals surface area contributed by atoms with Crippen LogP contribution in [0.5, 0.6) is 0 Å². The van der Waals surface area contributed by atoms with E-state index in [1.165, 1.54) is 0 Å².